The van der Waals surface area contributed by atoms with Gasteiger partial charge in [-0.05, 0) is 12.5 Å². The molecule has 2 rings (SSSR count). The number of aromatic nitrogens is 2. The lowest BCUT2D eigenvalue weighted by atomic mass is 10.0. The average Bonchev–Trinajstić information content (AvgIpc) is 2.30. The molecule has 0 bridgehead atoms. The molecule has 15 heavy (non-hydrogen) atoms. The topological polar surface area (TPSA) is 49.6 Å². The van der Waals surface area contributed by atoms with Crippen molar-refractivity contribution in [2.24, 2.45) is 0 Å². The first-order valence-electron chi connectivity index (χ1n) is 4.58. The number of benzene rings is 1. The number of hydrogen-bond donors (Lipinski definition) is 0. The third kappa shape index (κ3) is 1.84. The van der Waals surface area contributed by atoms with Crippen LogP contribution < -0.4 is 0 Å². The highest BCUT2D eigenvalue weighted by Gasteiger charge is 2.04. The molecule has 0 radical (unpaired) electrons. The monoisotopic (exact) mass is 195 g/mol. The molecule has 0 amide bonds. The van der Waals surface area contributed by atoms with Gasteiger partial charge in [0.2, 0.25) is 0 Å². The van der Waals surface area contributed by atoms with Gasteiger partial charge in [-0.25, -0.2) is 9.97 Å². The first-order valence-corrected chi connectivity index (χ1v) is 4.58. The van der Waals surface area contributed by atoms with E-state index in [2.05, 4.69) is 16.0 Å². The van der Waals surface area contributed by atoms with E-state index in [1.54, 1.807) is 6.20 Å². The van der Waals surface area contributed by atoms with E-state index in [0.29, 0.717) is 5.69 Å². The molecule has 0 atom stereocenters. The van der Waals surface area contributed by atoms with Crippen LogP contribution in [0.25, 0.3) is 11.1 Å². The highest BCUT2D eigenvalue weighted by molar-refractivity contribution is 5.67. The Morgan fingerprint density at radius 2 is 1.93 bits per heavy atom. The molecule has 2 aromatic rings. The van der Waals surface area contributed by atoms with Crippen LogP contribution in [0.1, 0.15) is 11.3 Å². The van der Waals surface area contributed by atoms with Gasteiger partial charge in [-0.15, -0.1) is 0 Å². The van der Waals surface area contributed by atoms with Gasteiger partial charge in [-0.3, -0.25) is 0 Å². The summed E-state index contributed by atoms with van der Waals surface area (Å²) in [5.74, 6) is 0. The van der Waals surface area contributed by atoms with Crippen molar-refractivity contribution >= 4 is 0 Å². The fourth-order valence-electron chi connectivity index (χ4n) is 1.36. The number of hydrogen-bond acceptors (Lipinski definition) is 3. The number of rotatable bonds is 1. The van der Waals surface area contributed by atoms with Crippen molar-refractivity contribution in [3.8, 4) is 17.2 Å². The van der Waals surface area contributed by atoms with Crippen LogP contribution in [0.5, 0.6) is 0 Å². The van der Waals surface area contributed by atoms with E-state index in [9.17, 15) is 0 Å². The maximum absolute atomic E-state index is 8.89. The minimum absolute atomic E-state index is 0.411. The third-order valence-electron chi connectivity index (χ3n) is 2.18. The Bertz CT molecular complexity index is 509. The van der Waals surface area contributed by atoms with E-state index < -0.39 is 0 Å². The molecule has 3 heteroatoms. The Balaban J connectivity index is 2.55. The largest absolute Gasteiger partial charge is 0.244 e. The number of nitrogens with zero attached hydrogens (tertiary/aromatic N) is 3. The standard InChI is InChI=1S/C12H9N3/c1-9-2-4-10(5-3-9)11-7-14-8-15-12(11)6-13/h2-5,7-8H,1H3. The van der Waals surface area contributed by atoms with Crippen molar-refractivity contribution in [3.63, 3.8) is 0 Å². The van der Waals surface area contributed by atoms with Crippen LogP contribution in [0, 0.1) is 18.3 Å². The maximum atomic E-state index is 8.89. The van der Waals surface area contributed by atoms with Crippen molar-refractivity contribution < 1.29 is 0 Å². The van der Waals surface area contributed by atoms with Gasteiger partial charge in [0.05, 0.1) is 0 Å². The first kappa shape index (κ1) is 9.35. The predicted octanol–water partition coefficient (Wildman–Crippen LogP) is 2.32. The Kier molecular flexibility index (Phi) is 2.42. The molecular formula is C12H9N3. The van der Waals surface area contributed by atoms with E-state index >= 15 is 0 Å². The summed E-state index contributed by atoms with van der Waals surface area (Å²) in [5.41, 5.74) is 3.35. The van der Waals surface area contributed by atoms with Gasteiger partial charge in [0.1, 0.15) is 12.4 Å². The Morgan fingerprint density at radius 3 is 2.60 bits per heavy atom. The van der Waals surface area contributed by atoms with Gasteiger partial charge in [0.15, 0.2) is 5.69 Å². The Morgan fingerprint density at radius 1 is 1.20 bits per heavy atom. The fourth-order valence-corrected chi connectivity index (χ4v) is 1.36. The van der Waals surface area contributed by atoms with Crippen molar-refractivity contribution in [3.05, 3.63) is 48.0 Å². The number of aryl methyl sites for hydroxylation is 1. The summed E-state index contributed by atoms with van der Waals surface area (Å²) in [6.45, 7) is 2.02. The van der Waals surface area contributed by atoms with Crippen LogP contribution in [0.4, 0.5) is 0 Å². The van der Waals surface area contributed by atoms with Crippen molar-refractivity contribution in [2.45, 2.75) is 6.92 Å². The van der Waals surface area contributed by atoms with Crippen molar-refractivity contribution in [1.82, 2.24) is 9.97 Å². The molecule has 0 spiro atoms. The van der Waals surface area contributed by atoms with Crippen LogP contribution >= 0.6 is 0 Å². The Labute approximate surface area is 88.1 Å². The van der Waals surface area contributed by atoms with E-state index in [4.69, 9.17) is 5.26 Å². The number of nitriles is 1. The van der Waals surface area contributed by atoms with Crippen molar-refractivity contribution in [2.75, 3.05) is 0 Å². The minimum Gasteiger partial charge on any atom is -0.244 e. The van der Waals surface area contributed by atoms with Gasteiger partial charge >= 0.3 is 0 Å². The molecule has 72 valence electrons. The molecule has 0 saturated heterocycles. The summed E-state index contributed by atoms with van der Waals surface area (Å²) in [6.07, 6.45) is 3.05. The molecule has 0 aliphatic rings. The summed E-state index contributed by atoms with van der Waals surface area (Å²) >= 11 is 0. The first-order chi connectivity index (χ1) is 7.31. The van der Waals surface area contributed by atoms with Crippen LogP contribution in [-0.4, -0.2) is 9.97 Å². The van der Waals surface area contributed by atoms with Gasteiger partial charge in [0, 0.05) is 11.8 Å². The highest BCUT2D eigenvalue weighted by atomic mass is 14.8. The second kappa shape index (κ2) is 3.89. The SMILES string of the molecule is Cc1ccc(-c2cncnc2C#N)cc1. The third-order valence-corrected chi connectivity index (χ3v) is 2.18. The maximum Gasteiger partial charge on any atom is 0.151 e. The molecule has 0 aliphatic carbocycles. The molecule has 0 saturated carbocycles. The summed E-state index contributed by atoms with van der Waals surface area (Å²) < 4.78 is 0. The normalized spacial score (nSPS) is 9.60. The zero-order valence-electron chi connectivity index (χ0n) is 8.31. The van der Waals surface area contributed by atoms with Gasteiger partial charge < -0.3 is 0 Å². The molecule has 0 N–H and O–H groups in total. The van der Waals surface area contributed by atoms with Gasteiger partial charge in [-0.1, -0.05) is 29.8 Å². The average molecular weight is 195 g/mol. The smallest absolute Gasteiger partial charge is 0.151 e. The van der Waals surface area contributed by atoms with Crippen molar-refractivity contribution in [1.29, 1.82) is 5.26 Å². The molecule has 1 aromatic heterocycles. The second-order valence-electron chi connectivity index (χ2n) is 3.26. The summed E-state index contributed by atoms with van der Waals surface area (Å²) in [5, 5.41) is 8.89. The molecule has 3 nitrogen and oxygen atoms in total. The second-order valence-corrected chi connectivity index (χ2v) is 3.26. The predicted molar refractivity (Wildman–Crippen MR) is 56.9 cm³/mol. The molecular weight excluding hydrogens is 186 g/mol. The van der Waals surface area contributed by atoms with E-state index in [1.165, 1.54) is 11.9 Å². The quantitative estimate of drug-likeness (QED) is 0.701. The molecule has 0 unspecified atom stereocenters. The molecule has 1 heterocycles. The van der Waals surface area contributed by atoms with Crippen LogP contribution in [0.2, 0.25) is 0 Å². The lowest BCUT2D eigenvalue weighted by molar-refractivity contribution is 1.14. The van der Waals surface area contributed by atoms with Gasteiger partial charge in [0.25, 0.3) is 0 Å². The minimum atomic E-state index is 0.411. The lowest BCUT2D eigenvalue weighted by Gasteiger charge is -2.02. The summed E-state index contributed by atoms with van der Waals surface area (Å²) in [7, 11) is 0. The van der Waals surface area contributed by atoms with E-state index in [-0.39, 0.29) is 0 Å². The zero-order chi connectivity index (χ0) is 10.7. The molecule has 0 aliphatic heterocycles. The van der Waals surface area contributed by atoms with Crippen LogP contribution in [-0.2, 0) is 0 Å². The van der Waals surface area contributed by atoms with E-state index in [1.807, 2.05) is 31.2 Å². The molecule has 1 aromatic carbocycles. The lowest BCUT2D eigenvalue weighted by Crippen LogP contribution is -1.90. The highest BCUT2D eigenvalue weighted by Crippen LogP contribution is 2.20. The van der Waals surface area contributed by atoms with E-state index in [0.717, 1.165) is 11.1 Å². The van der Waals surface area contributed by atoms with Crippen LogP contribution in [0.3, 0.4) is 0 Å². The summed E-state index contributed by atoms with van der Waals surface area (Å²) in [6, 6.07) is 10.00. The Hall–Kier alpha value is -2.21. The summed E-state index contributed by atoms with van der Waals surface area (Å²) in [4.78, 5) is 7.85. The molecule has 0 fully saturated rings. The van der Waals surface area contributed by atoms with Crippen LogP contribution in [0.15, 0.2) is 36.8 Å². The zero-order valence-corrected chi connectivity index (χ0v) is 8.31. The fraction of sp³-hybridized carbons (Fsp3) is 0.0833. The van der Waals surface area contributed by atoms with Gasteiger partial charge in [-0.2, -0.15) is 5.26 Å².